The Bertz CT molecular complexity index is 1060. The normalized spacial score (nSPS) is 17.6. The van der Waals surface area contributed by atoms with Crippen LogP contribution in [0.15, 0.2) is 49.1 Å². The van der Waals surface area contributed by atoms with Gasteiger partial charge in [-0.05, 0) is 25.2 Å². The Morgan fingerprint density at radius 2 is 2.03 bits per heavy atom. The average molecular weight is 435 g/mol. The van der Waals surface area contributed by atoms with Crippen molar-refractivity contribution in [3.8, 4) is 11.4 Å². The van der Waals surface area contributed by atoms with E-state index in [1.807, 2.05) is 49.1 Å². The molecule has 2 aromatic heterocycles. The SMILES string of the molecule is O=C1NCCc2c1nc(-c1ccccc1)nc2N1CCCC(Cn2ccnc2)C1.O=CO. The van der Waals surface area contributed by atoms with Gasteiger partial charge in [-0.3, -0.25) is 9.59 Å². The van der Waals surface area contributed by atoms with Crippen molar-refractivity contribution in [2.75, 3.05) is 24.5 Å². The Kier molecular flexibility index (Phi) is 6.74. The molecule has 0 radical (unpaired) electrons. The minimum absolute atomic E-state index is 0.0981. The molecule has 4 heterocycles. The Labute approximate surface area is 186 Å². The summed E-state index contributed by atoms with van der Waals surface area (Å²) in [6.45, 7) is 3.23. The molecule has 9 heteroatoms. The van der Waals surface area contributed by atoms with Gasteiger partial charge in [-0.25, -0.2) is 15.0 Å². The number of anilines is 1. The number of nitrogens with zero attached hydrogens (tertiary/aromatic N) is 5. The number of benzene rings is 1. The van der Waals surface area contributed by atoms with E-state index in [9.17, 15) is 4.79 Å². The van der Waals surface area contributed by atoms with E-state index in [-0.39, 0.29) is 12.4 Å². The third-order valence-electron chi connectivity index (χ3n) is 5.74. The maximum absolute atomic E-state index is 12.5. The minimum Gasteiger partial charge on any atom is -0.483 e. The van der Waals surface area contributed by atoms with Crippen LogP contribution in [0.5, 0.6) is 0 Å². The van der Waals surface area contributed by atoms with Crippen LogP contribution in [0.3, 0.4) is 0 Å². The summed E-state index contributed by atoms with van der Waals surface area (Å²) in [7, 11) is 0. The fourth-order valence-corrected chi connectivity index (χ4v) is 4.35. The lowest BCUT2D eigenvalue weighted by Crippen LogP contribution is -2.40. The lowest BCUT2D eigenvalue weighted by molar-refractivity contribution is -0.122. The summed E-state index contributed by atoms with van der Waals surface area (Å²) in [4.78, 5) is 37.0. The molecule has 9 nitrogen and oxygen atoms in total. The predicted octanol–water partition coefficient (Wildman–Crippen LogP) is 2.24. The maximum Gasteiger partial charge on any atom is 0.290 e. The van der Waals surface area contributed by atoms with Crippen molar-refractivity contribution in [2.24, 2.45) is 5.92 Å². The van der Waals surface area contributed by atoms with Gasteiger partial charge in [-0.2, -0.15) is 0 Å². The molecule has 1 amide bonds. The molecule has 166 valence electrons. The van der Waals surface area contributed by atoms with E-state index in [4.69, 9.17) is 14.9 Å². The number of carbonyl (C=O) groups is 2. The van der Waals surface area contributed by atoms with Gasteiger partial charge in [-0.1, -0.05) is 30.3 Å². The largest absolute Gasteiger partial charge is 0.483 e. The number of hydrogen-bond donors (Lipinski definition) is 2. The molecule has 0 spiro atoms. The third-order valence-corrected chi connectivity index (χ3v) is 5.74. The average Bonchev–Trinajstić information content (AvgIpc) is 3.33. The van der Waals surface area contributed by atoms with E-state index in [1.165, 1.54) is 6.42 Å². The van der Waals surface area contributed by atoms with E-state index in [0.717, 1.165) is 49.4 Å². The molecular formula is C23H26N6O3. The zero-order valence-corrected chi connectivity index (χ0v) is 17.7. The summed E-state index contributed by atoms with van der Waals surface area (Å²) in [5, 5.41) is 9.82. The number of carbonyl (C=O) groups excluding carboxylic acids is 1. The molecule has 3 aromatic rings. The first-order valence-electron chi connectivity index (χ1n) is 10.7. The first-order chi connectivity index (χ1) is 15.7. The highest BCUT2D eigenvalue weighted by Crippen LogP contribution is 2.31. The Morgan fingerprint density at radius 1 is 1.22 bits per heavy atom. The number of carboxylic acid groups (broad SMARTS) is 1. The Balaban J connectivity index is 0.000000775. The molecule has 1 fully saturated rings. The summed E-state index contributed by atoms with van der Waals surface area (Å²) in [6, 6.07) is 9.90. The smallest absolute Gasteiger partial charge is 0.290 e. The van der Waals surface area contributed by atoms with Gasteiger partial charge in [0, 0.05) is 49.7 Å². The van der Waals surface area contributed by atoms with Gasteiger partial charge in [0.15, 0.2) is 5.82 Å². The lowest BCUT2D eigenvalue weighted by Gasteiger charge is -2.35. The number of amides is 1. The van der Waals surface area contributed by atoms with Crippen molar-refractivity contribution in [1.82, 2.24) is 24.8 Å². The van der Waals surface area contributed by atoms with E-state index < -0.39 is 0 Å². The van der Waals surface area contributed by atoms with Crippen LogP contribution in [-0.2, 0) is 17.8 Å². The molecule has 2 aliphatic rings. The molecule has 0 aliphatic carbocycles. The monoisotopic (exact) mass is 434 g/mol. The molecule has 0 bridgehead atoms. The van der Waals surface area contributed by atoms with Crippen molar-refractivity contribution in [3.63, 3.8) is 0 Å². The summed E-state index contributed by atoms with van der Waals surface area (Å²) in [5.74, 6) is 1.98. The summed E-state index contributed by atoms with van der Waals surface area (Å²) in [6.07, 6.45) is 8.80. The third kappa shape index (κ3) is 4.77. The highest BCUT2D eigenvalue weighted by atomic mass is 16.3. The maximum atomic E-state index is 12.5. The Morgan fingerprint density at radius 3 is 2.78 bits per heavy atom. The highest BCUT2D eigenvalue weighted by Gasteiger charge is 2.29. The molecule has 2 aliphatic heterocycles. The number of piperidine rings is 1. The molecule has 32 heavy (non-hydrogen) atoms. The van der Waals surface area contributed by atoms with E-state index >= 15 is 0 Å². The van der Waals surface area contributed by atoms with Crippen molar-refractivity contribution in [1.29, 1.82) is 0 Å². The summed E-state index contributed by atoms with van der Waals surface area (Å²) in [5.41, 5.74) is 2.44. The number of hydrogen-bond acceptors (Lipinski definition) is 6. The lowest BCUT2D eigenvalue weighted by atomic mass is 9.96. The predicted molar refractivity (Wildman–Crippen MR) is 119 cm³/mol. The summed E-state index contributed by atoms with van der Waals surface area (Å²) < 4.78 is 2.15. The molecule has 5 rings (SSSR count). The highest BCUT2D eigenvalue weighted by molar-refractivity contribution is 5.96. The quantitative estimate of drug-likeness (QED) is 0.606. The second-order valence-electron chi connectivity index (χ2n) is 7.89. The Hall–Kier alpha value is -3.75. The summed E-state index contributed by atoms with van der Waals surface area (Å²) >= 11 is 0. The standard InChI is InChI=1S/C22H24N6O.CH2O2/c29-22-19-18(8-9-24-22)21(26-20(25-19)17-6-2-1-3-7-17)28-11-4-5-16(14-28)13-27-12-10-23-15-27;2-1-3/h1-3,6-7,10,12,15-16H,4-5,8-9,11,13-14H2,(H,24,29);1H,(H,2,3). The zero-order valence-electron chi connectivity index (χ0n) is 17.7. The first-order valence-corrected chi connectivity index (χ1v) is 10.7. The van der Waals surface area contributed by atoms with Crippen molar-refractivity contribution in [3.05, 3.63) is 60.3 Å². The van der Waals surface area contributed by atoms with Gasteiger partial charge in [0.05, 0.1) is 6.33 Å². The van der Waals surface area contributed by atoms with Crippen LogP contribution in [0.25, 0.3) is 11.4 Å². The van der Waals surface area contributed by atoms with Crippen LogP contribution in [0.4, 0.5) is 5.82 Å². The molecular weight excluding hydrogens is 408 g/mol. The fourth-order valence-electron chi connectivity index (χ4n) is 4.35. The number of imidazole rings is 1. The van der Waals surface area contributed by atoms with Crippen LogP contribution in [0, 0.1) is 5.92 Å². The second-order valence-corrected chi connectivity index (χ2v) is 7.89. The van der Waals surface area contributed by atoms with E-state index in [2.05, 4.69) is 24.8 Å². The van der Waals surface area contributed by atoms with Gasteiger partial charge in [0.1, 0.15) is 11.5 Å². The zero-order chi connectivity index (χ0) is 22.3. The molecule has 1 saturated heterocycles. The van der Waals surface area contributed by atoms with Crippen LogP contribution >= 0.6 is 0 Å². The number of nitrogens with one attached hydrogen (secondary N) is 1. The van der Waals surface area contributed by atoms with Gasteiger partial charge >= 0.3 is 0 Å². The van der Waals surface area contributed by atoms with E-state index in [1.54, 1.807) is 0 Å². The van der Waals surface area contributed by atoms with Crippen LogP contribution < -0.4 is 10.2 Å². The van der Waals surface area contributed by atoms with E-state index in [0.29, 0.717) is 24.0 Å². The topological polar surface area (TPSA) is 113 Å². The van der Waals surface area contributed by atoms with Crippen molar-refractivity contribution >= 4 is 18.2 Å². The van der Waals surface area contributed by atoms with Crippen molar-refractivity contribution < 1.29 is 14.7 Å². The van der Waals surface area contributed by atoms with Gasteiger partial charge in [0.25, 0.3) is 12.4 Å². The number of aromatic nitrogens is 4. The number of rotatable bonds is 4. The van der Waals surface area contributed by atoms with Crippen LogP contribution in [0.1, 0.15) is 28.9 Å². The fraction of sp³-hybridized carbons (Fsp3) is 0.348. The number of fused-ring (bicyclic) bond motifs is 1. The molecule has 1 atom stereocenters. The first kappa shape index (κ1) is 21.5. The van der Waals surface area contributed by atoms with Gasteiger partial charge in [0.2, 0.25) is 0 Å². The second kappa shape index (κ2) is 10.0. The van der Waals surface area contributed by atoms with Crippen LogP contribution in [-0.4, -0.2) is 56.6 Å². The van der Waals surface area contributed by atoms with Gasteiger partial charge in [-0.15, -0.1) is 0 Å². The van der Waals surface area contributed by atoms with Crippen LogP contribution in [0.2, 0.25) is 0 Å². The van der Waals surface area contributed by atoms with Crippen molar-refractivity contribution in [2.45, 2.75) is 25.8 Å². The molecule has 2 N–H and O–H groups in total. The van der Waals surface area contributed by atoms with Gasteiger partial charge < -0.3 is 19.9 Å². The minimum atomic E-state index is -0.250. The molecule has 0 saturated carbocycles. The molecule has 1 unspecified atom stereocenters. The molecule has 1 aromatic carbocycles.